The van der Waals surface area contributed by atoms with Crippen molar-refractivity contribution in [2.24, 2.45) is 0 Å². The summed E-state index contributed by atoms with van der Waals surface area (Å²) >= 11 is 0. The predicted octanol–water partition coefficient (Wildman–Crippen LogP) is -0.285. The van der Waals surface area contributed by atoms with E-state index >= 15 is 0 Å². The van der Waals surface area contributed by atoms with Crippen molar-refractivity contribution in [2.45, 2.75) is 19.4 Å². The van der Waals surface area contributed by atoms with E-state index < -0.39 is 9.84 Å². The van der Waals surface area contributed by atoms with Crippen LogP contribution in [0.1, 0.15) is 13.3 Å². The van der Waals surface area contributed by atoms with Gasteiger partial charge in [0.15, 0.2) is 0 Å². The number of rotatable bonds is 5. The highest BCUT2D eigenvalue weighted by Gasteiger charge is 2.21. The number of nitrogens with zero attached hydrogens (tertiary/aromatic N) is 1. The van der Waals surface area contributed by atoms with E-state index in [2.05, 4.69) is 17.1 Å². The fourth-order valence-electron chi connectivity index (χ4n) is 1.79. The van der Waals surface area contributed by atoms with Gasteiger partial charge in [0, 0.05) is 25.4 Å². The molecule has 0 aromatic heterocycles. The van der Waals surface area contributed by atoms with Crippen LogP contribution in [0.15, 0.2) is 0 Å². The van der Waals surface area contributed by atoms with Gasteiger partial charge in [0.25, 0.3) is 0 Å². The normalized spacial score (nSPS) is 24.3. The summed E-state index contributed by atoms with van der Waals surface area (Å²) in [4.78, 5) is 2.22. The zero-order valence-corrected chi connectivity index (χ0v) is 9.81. The summed E-state index contributed by atoms with van der Waals surface area (Å²) in [5.41, 5.74) is 0. The van der Waals surface area contributed by atoms with Crippen molar-refractivity contribution in [1.82, 2.24) is 10.2 Å². The van der Waals surface area contributed by atoms with E-state index in [-0.39, 0.29) is 5.75 Å². The molecule has 1 aliphatic heterocycles. The smallest absolute Gasteiger partial charge is 0.148 e. The van der Waals surface area contributed by atoms with Crippen LogP contribution in [-0.2, 0) is 9.84 Å². The number of nitrogens with one attached hydrogen (secondary N) is 1. The van der Waals surface area contributed by atoms with Crippen LogP contribution in [0.25, 0.3) is 0 Å². The maximum absolute atomic E-state index is 11.0. The number of likely N-dealkylation sites (tertiary alicyclic amines) is 1. The van der Waals surface area contributed by atoms with E-state index in [0.717, 1.165) is 26.1 Å². The molecule has 0 saturated carbocycles. The van der Waals surface area contributed by atoms with Crippen molar-refractivity contribution in [3.8, 4) is 0 Å². The molecule has 0 bridgehead atoms. The molecule has 14 heavy (non-hydrogen) atoms. The largest absolute Gasteiger partial charge is 0.313 e. The molecule has 1 atom stereocenters. The summed E-state index contributed by atoms with van der Waals surface area (Å²) in [7, 11) is -2.80. The Morgan fingerprint density at radius 3 is 2.79 bits per heavy atom. The van der Waals surface area contributed by atoms with Gasteiger partial charge in [0.1, 0.15) is 9.84 Å². The van der Waals surface area contributed by atoms with Gasteiger partial charge in [0.2, 0.25) is 0 Å². The topological polar surface area (TPSA) is 49.4 Å². The van der Waals surface area contributed by atoms with Crippen LogP contribution in [0.3, 0.4) is 0 Å². The highest BCUT2D eigenvalue weighted by Crippen LogP contribution is 2.08. The number of sulfone groups is 1. The van der Waals surface area contributed by atoms with Crippen LogP contribution in [0.4, 0.5) is 0 Å². The number of likely N-dealkylation sites (N-methyl/N-ethyl adjacent to an activating group) is 1. The standard InChI is InChI=1S/C9H20N2O2S/c1-3-10-9-4-5-11(8-9)6-7-14(2,12)13/h9-10H,3-8H2,1-2H3. The van der Waals surface area contributed by atoms with Gasteiger partial charge in [-0.05, 0) is 19.5 Å². The maximum atomic E-state index is 11.0. The maximum Gasteiger partial charge on any atom is 0.148 e. The van der Waals surface area contributed by atoms with Gasteiger partial charge in [-0.1, -0.05) is 6.92 Å². The average Bonchev–Trinajstić information content (AvgIpc) is 2.49. The first-order valence-corrected chi connectivity index (χ1v) is 7.21. The van der Waals surface area contributed by atoms with Crippen LogP contribution in [0.2, 0.25) is 0 Å². The quantitative estimate of drug-likeness (QED) is 0.692. The minimum atomic E-state index is -2.80. The fraction of sp³-hybridized carbons (Fsp3) is 1.00. The third kappa shape index (κ3) is 4.39. The van der Waals surface area contributed by atoms with E-state index in [1.54, 1.807) is 0 Å². The average molecular weight is 220 g/mol. The van der Waals surface area contributed by atoms with E-state index in [1.165, 1.54) is 6.26 Å². The second-order valence-electron chi connectivity index (χ2n) is 3.97. The minimum absolute atomic E-state index is 0.284. The zero-order chi connectivity index (χ0) is 10.6. The van der Waals surface area contributed by atoms with Gasteiger partial charge in [-0.3, -0.25) is 0 Å². The van der Waals surface area contributed by atoms with Crippen LogP contribution in [0, 0.1) is 0 Å². The summed E-state index contributed by atoms with van der Waals surface area (Å²) in [6.45, 7) is 5.78. The van der Waals surface area contributed by atoms with Gasteiger partial charge in [0.05, 0.1) is 5.75 Å². The zero-order valence-electron chi connectivity index (χ0n) is 8.99. The molecule has 1 saturated heterocycles. The van der Waals surface area contributed by atoms with Gasteiger partial charge < -0.3 is 10.2 Å². The molecule has 5 heteroatoms. The Morgan fingerprint density at radius 2 is 2.21 bits per heavy atom. The summed E-state index contributed by atoms with van der Waals surface area (Å²) in [5, 5.41) is 3.38. The van der Waals surface area contributed by atoms with Crippen LogP contribution in [0.5, 0.6) is 0 Å². The molecule has 0 aromatic carbocycles. The number of hydrogen-bond acceptors (Lipinski definition) is 4. The minimum Gasteiger partial charge on any atom is -0.313 e. The summed E-state index contributed by atoms with van der Waals surface area (Å²) in [5.74, 6) is 0.284. The highest BCUT2D eigenvalue weighted by atomic mass is 32.2. The lowest BCUT2D eigenvalue weighted by molar-refractivity contribution is 0.347. The second kappa shape index (κ2) is 5.09. The van der Waals surface area contributed by atoms with E-state index in [1.807, 2.05) is 0 Å². The molecule has 1 rings (SSSR count). The molecule has 1 N–H and O–H groups in total. The summed E-state index contributed by atoms with van der Waals surface area (Å²) in [6.07, 6.45) is 2.43. The molecule has 0 radical (unpaired) electrons. The molecule has 4 nitrogen and oxygen atoms in total. The summed E-state index contributed by atoms with van der Waals surface area (Å²) in [6, 6.07) is 0.555. The Kier molecular flexibility index (Phi) is 4.34. The van der Waals surface area contributed by atoms with Crippen LogP contribution < -0.4 is 5.32 Å². The second-order valence-corrected chi connectivity index (χ2v) is 6.23. The molecule has 1 aliphatic rings. The molecule has 1 fully saturated rings. The molecule has 84 valence electrons. The van der Waals surface area contributed by atoms with Gasteiger partial charge >= 0.3 is 0 Å². The Labute approximate surface area is 86.6 Å². The lowest BCUT2D eigenvalue weighted by Gasteiger charge is -2.15. The van der Waals surface area contributed by atoms with E-state index in [0.29, 0.717) is 12.6 Å². The van der Waals surface area contributed by atoms with Gasteiger partial charge in [-0.15, -0.1) is 0 Å². The Bertz CT molecular complexity index is 264. The van der Waals surface area contributed by atoms with Crippen molar-refractivity contribution in [3.05, 3.63) is 0 Å². The monoisotopic (exact) mass is 220 g/mol. The molecule has 0 amide bonds. The first kappa shape index (κ1) is 11.9. The first-order valence-electron chi connectivity index (χ1n) is 5.14. The highest BCUT2D eigenvalue weighted by molar-refractivity contribution is 7.90. The van der Waals surface area contributed by atoms with Crippen molar-refractivity contribution in [1.29, 1.82) is 0 Å². The molecule has 0 aromatic rings. The lowest BCUT2D eigenvalue weighted by atomic mass is 10.3. The van der Waals surface area contributed by atoms with Gasteiger partial charge in [-0.25, -0.2) is 8.42 Å². The van der Waals surface area contributed by atoms with E-state index in [9.17, 15) is 8.42 Å². The fourth-order valence-corrected chi connectivity index (χ4v) is 2.38. The Morgan fingerprint density at radius 1 is 1.50 bits per heavy atom. The first-order chi connectivity index (χ1) is 6.51. The molecular formula is C9H20N2O2S. The van der Waals surface area contributed by atoms with E-state index in [4.69, 9.17) is 0 Å². The molecule has 1 heterocycles. The summed E-state index contributed by atoms with van der Waals surface area (Å²) < 4.78 is 21.9. The lowest BCUT2D eigenvalue weighted by Crippen LogP contribution is -2.33. The van der Waals surface area contributed by atoms with Crippen molar-refractivity contribution < 1.29 is 8.42 Å². The third-order valence-corrected chi connectivity index (χ3v) is 3.47. The number of hydrogen-bond donors (Lipinski definition) is 1. The molecular weight excluding hydrogens is 200 g/mol. The van der Waals surface area contributed by atoms with Gasteiger partial charge in [-0.2, -0.15) is 0 Å². The predicted molar refractivity (Wildman–Crippen MR) is 58.2 cm³/mol. The van der Waals surface area contributed by atoms with Crippen molar-refractivity contribution in [3.63, 3.8) is 0 Å². The Balaban J connectivity index is 2.23. The van der Waals surface area contributed by atoms with Crippen LogP contribution in [-0.4, -0.2) is 57.5 Å². The molecule has 0 spiro atoms. The van der Waals surface area contributed by atoms with Crippen LogP contribution >= 0.6 is 0 Å². The SMILES string of the molecule is CCNC1CCN(CCS(C)(=O)=O)C1. The third-order valence-electron chi connectivity index (χ3n) is 2.54. The molecule has 0 aliphatic carbocycles. The molecule has 1 unspecified atom stereocenters. The van der Waals surface area contributed by atoms with Crippen molar-refractivity contribution >= 4 is 9.84 Å². The van der Waals surface area contributed by atoms with Crippen molar-refractivity contribution in [2.75, 3.05) is 38.2 Å². The Hall–Kier alpha value is -0.130.